The minimum Gasteiger partial charge on any atom is -0.489 e. The largest absolute Gasteiger partial charge is 0.489 e. The summed E-state index contributed by atoms with van der Waals surface area (Å²) in [5.41, 5.74) is -0.113. The van der Waals surface area contributed by atoms with Crippen LogP contribution in [0.25, 0.3) is 0 Å². The molecule has 0 fully saturated rings. The van der Waals surface area contributed by atoms with Crippen LogP contribution in [0.3, 0.4) is 0 Å². The third-order valence-corrected chi connectivity index (χ3v) is 5.33. The van der Waals surface area contributed by atoms with Crippen molar-refractivity contribution in [3.05, 3.63) is 49.0 Å². The second-order valence-corrected chi connectivity index (χ2v) is 7.90. The van der Waals surface area contributed by atoms with E-state index in [4.69, 9.17) is 9.47 Å². The number of hydrogen-bond acceptors (Lipinski definition) is 10. The van der Waals surface area contributed by atoms with Crippen molar-refractivity contribution in [1.82, 2.24) is 0 Å². The van der Waals surface area contributed by atoms with Gasteiger partial charge in [0.2, 0.25) is 5.91 Å². The first kappa shape index (κ1) is 27.6. The van der Waals surface area contributed by atoms with E-state index in [-0.39, 0.29) is 28.4 Å². The Balaban J connectivity index is 2.67. The Morgan fingerprint density at radius 1 is 1.09 bits per heavy atom. The Hall–Kier alpha value is -3.65. The van der Waals surface area contributed by atoms with Crippen LogP contribution in [0, 0.1) is 20.2 Å². The maximum absolute atomic E-state index is 11.8. The highest BCUT2D eigenvalue weighted by Crippen LogP contribution is 2.43. The molecule has 2 aromatic carbocycles. The van der Waals surface area contributed by atoms with Crippen LogP contribution in [0.5, 0.6) is 5.75 Å². The summed E-state index contributed by atoms with van der Waals surface area (Å²) < 4.78 is 10.9. The van der Waals surface area contributed by atoms with Gasteiger partial charge in [0, 0.05) is 39.3 Å². The number of carbonyl (C=O) groups is 1. The summed E-state index contributed by atoms with van der Waals surface area (Å²) in [7, 11) is 1.54. The summed E-state index contributed by atoms with van der Waals surface area (Å²) in [4.78, 5) is 34.9. The van der Waals surface area contributed by atoms with E-state index >= 15 is 0 Å². The van der Waals surface area contributed by atoms with Crippen molar-refractivity contribution in [1.29, 1.82) is 0 Å². The number of hydrogen-bond donors (Lipinski definition) is 1. The number of non-ortho nitro benzene ring substituents is 1. The minimum absolute atomic E-state index is 0.0135. The van der Waals surface area contributed by atoms with Gasteiger partial charge in [-0.25, -0.2) is 0 Å². The molecule has 0 saturated carbocycles. The molecule has 0 aliphatic carbocycles. The summed E-state index contributed by atoms with van der Waals surface area (Å²) >= 11 is 3.10. The Morgan fingerprint density at radius 3 is 2.31 bits per heavy atom. The van der Waals surface area contributed by atoms with E-state index < -0.39 is 21.2 Å². The predicted molar refractivity (Wildman–Crippen MR) is 133 cm³/mol. The lowest BCUT2D eigenvalue weighted by Gasteiger charge is -2.25. The van der Waals surface area contributed by atoms with Crippen LogP contribution in [0.15, 0.2) is 39.0 Å². The summed E-state index contributed by atoms with van der Waals surface area (Å²) in [6, 6.07) is 5.14. The second kappa shape index (κ2) is 12.7. The topological polar surface area (TPSA) is 162 Å². The summed E-state index contributed by atoms with van der Waals surface area (Å²) in [5, 5.41) is 33.4. The number of halogens is 1. The van der Waals surface area contributed by atoms with Crippen LogP contribution in [0.2, 0.25) is 0 Å². The monoisotopic (exact) mass is 552 g/mol. The molecule has 0 aliphatic heterocycles. The van der Waals surface area contributed by atoms with Crippen molar-refractivity contribution >= 4 is 56.0 Å². The highest BCUT2D eigenvalue weighted by molar-refractivity contribution is 9.10. The maximum Gasteiger partial charge on any atom is 0.304 e. The molecule has 35 heavy (non-hydrogen) atoms. The van der Waals surface area contributed by atoms with Gasteiger partial charge in [-0.3, -0.25) is 25.0 Å². The number of azo groups is 1. The van der Waals surface area contributed by atoms with Crippen molar-refractivity contribution in [2.75, 3.05) is 43.6 Å². The molecular formula is C21H25BrN6O7. The number of methoxy groups -OCH3 is 1. The molecule has 13 nitrogen and oxygen atoms in total. The SMILES string of the molecule is CCN(CC)c1cc(NC(C)=O)c(N=Nc2c(Br)cc([N+](=O)[O-])cc2[N+](=O)[O-])cc1OCCOC. The Morgan fingerprint density at radius 2 is 1.77 bits per heavy atom. The van der Waals surface area contributed by atoms with Gasteiger partial charge in [0.1, 0.15) is 18.0 Å². The van der Waals surface area contributed by atoms with Gasteiger partial charge >= 0.3 is 5.69 Å². The molecule has 188 valence electrons. The third kappa shape index (κ3) is 7.16. The number of amides is 1. The van der Waals surface area contributed by atoms with Crippen molar-refractivity contribution < 1.29 is 24.1 Å². The van der Waals surface area contributed by atoms with E-state index in [1.165, 1.54) is 6.92 Å². The van der Waals surface area contributed by atoms with Crippen LogP contribution in [-0.2, 0) is 9.53 Å². The van der Waals surface area contributed by atoms with Crippen molar-refractivity contribution in [2.45, 2.75) is 20.8 Å². The van der Waals surface area contributed by atoms with E-state index in [0.717, 1.165) is 12.1 Å². The lowest BCUT2D eigenvalue weighted by atomic mass is 10.2. The van der Waals surface area contributed by atoms with Gasteiger partial charge in [0.25, 0.3) is 5.69 Å². The smallest absolute Gasteiger partial charge is 0.304 e. The number of ether oxygens (including phenoxy) is 2. The summed E-state index contributed by atoms with van der Waals surface area (Å²) in [5.74, 6) is 0.0913. The third-order valence-electron chi connectivity index (χ3n) is 4.73. The normalized spacial score (nSPS) is 10.9. The minimum atomic E-state index is -0.788. The Labute approximate surface area is 209 Å². The average Bonchev–Trinajstić information content (AvgIpc) is 2.79. The summed E-state index contributed by atoms with van der Waals surface area (Å²) in [6.07, 6.45) is 0. The predicted octanol–water partition coefficient (Wildman–Crippen LogP) is 5.51. The first-order chi connectivity index (χ1) is 16.6. The number of rotatable bonds is 12. The molecule has 0 atom stereocenters. The first-order valence-corrected chi connectivity index (χ1v) is 11.3. The van der Waals surface area contributed by atoms with Crippen LogP contribution in [0.4, 0.5) is 34.1 Å². The van der Waals surface area contributed by atoms with Crippen LogP contribution < -0.4 is 15.0 Å². The van der Waals surface area contributed by atoms with E-state index in [2.05, 4.69) is 31.5 Å². The number of nitro groups is 2. The summed E-state index contributed by atoms with van der Waals surface area (Å²) in [6.45, 7) is 7.19. The molecule has 0 spiro atoms. The van der Waals surface area contributed by atoms with E-state index in [1.807, 2.05) is 18.7 Å². The highest BCUT2D eigenvalue weighted by atomic mass is 79.9. The van der Waals surface area contributed by atoms with Crippen LogP contribution >= 0.6 is 15.9 Å². The maximum atomic E-state index is 11.8. The number of anilines is 2. The van der Waals surface area contributed by atoms with E-state index in [9.17, 15) is 25.0 Å². The zero-order valence-electron chi connectivity index (χ0n) is 19.6. The fourth-order valence-corrected chi connectivity index (χ4v) is 3.63. The lowest BCUT2D eigenvalue weighted by Crippen LogP contribution is -2.23. The molecule has 2 rings (SSSR count). The van der Waals surface area contributed by atoms with Gasteiger partial charge in [0.15, 0.2) is 5.69 Å². The zero-order valence-corrected chi connectivity index (χ0v) is 21.2. The molecule has 14 heteroatoms. The second-order valence-electron chi connectivity index (χ2n) is 7.04. The number of nitrogens with zero attached hydrogens (tertiary/aromatic N) is 5. The van der Waals surface area contributed by atoms with Gasteiger partial charge in [-0.1, -0.05) is 0 Å². The van der Waals surface area contributed by atoms with Gasteiger partial charge < -0.3 is 19.7 Å². The molecule has 0 radical (unpaired) electrons. The molecule has 0 unspecified atom stereocenters. The van der Waals surface area contributed by atoms with Crippen molar-refractivity contribution in [3.63, 3.8) is 0 Å². The fourth-order valence-electron chi connectivity index (χ4n) is 3.11. The molecule has 1 N–H and O–H groups in total. The quantitative estimate of drug-likeness (QED) is 0.156. The highest BCUT2D eigenvalue weighted by Gasteiger charge is 2.24. The van der Waals surface area contributed by atoms with Crippen LogP contribution in [0.1, 0.15) is 20.8 Å². The molecule has 1 amide bonds. The molecule has 0 aliphatic rings. The Kier molecular flexibility index (Phi) is 10.0. The van der Waals surface area contributed by atoms with E-state index in [0.29, 0.717) is 36.8 Å². The number of carbonyl (C=O) groups excluding carboxylic acids is 1. The van der Waals surface area contributed by atoms with Crippen LogP contribution in [-0.4, -0.2) is 49.2 Å². The number of benzene rings is 2. The van der Waals surface area contributed by atoms with Crippen molar-refractivity contribution in [3.8, 4) is 5.75 Å². The lowest BCUT2D eigenvalue weighted by molar-refractivity contribution is -0.393. The molecule has 0 heterocycles. The number of nitrogens with one attached hydrogen (secondary N) is 1. The van der Waals surface area contributed by atoms with Gasteiger partial charge in [-0.2, -0.15) is 0 Å². The number of nitro benzene ring substituents is 2. The van der Waals surface area contributed by atoms with Gasteiger partial charge in [-0.05, 0) is 35.8 Å². The first-order valence-electron chi connectivity index (χ1n) is 10.5. The fraction of sp³-hybridized carbons (Fsp3) is 0.381. The van der Waals surface area contributed by atoms with Gasteiger partial charge in [0.05, 0.1) is 38.4 Å². The van der Waals surface area contributed by atoms with Crippen molar-refractivity contribution in [2.24, 2.45) is 10.2 Å². The molecular weight excluding hydrogens is 528 g/mol. The standard InChI is InChI=1S/C21H25BrN6O7/c1-5-26(6-2)18-11-16(23-13(3)29)17(12-20(18)35-8-7-34-4)24-25-21-15(22)9-14(27(30)31)10-19(21)28(32)33/h9-12H,5-8H2,1-4H3,(H,23,29). The molecule has 0 saturated heterocycles. The molecule has 2 aromatic rings. The van der Waals surface area contributed by atoms with E-state index in [1.54, 1.807) is 19.2 Å². The zero-order chi connectivity index (χ0) is 26.1. The van der Waals surface area contributed by atoms with Gasteiger partial charge in [-0.15, -0.1) is 10.2 Å². The molecule has 0 aromatic heterocycles. The molecule has 0 bridgehead atoms. The average molecular weight is 553 g/mol. The Bertz CT molecular complexity index is 1140.